The predicted molar refractivity (Wildman–Crippen MR) is 83.0 cm³/mol. The molecule has 130 valence electrons. The number of alkyl halides is 3. The first-order valence-corrected chi connectivity index (χ1v) is 8.64. The smallest absolute Gasteiger partial charge is 0.273 e. The molecule has 5 nitrogen and oxygen atoms in total. The van der Waals surface area contributed by atoms with Crippen LogP contribution in [0.1, 0.15) is 11.1 Å². The predicted octanol–water partition coefficient (Wildman–Crippen LogP) is 2.47. The lowest BCUT2D eigenvalue weighted by atomic mass is 10.1. The quantitative estimate of drug-likeness (QED) is 0.835. The van der Waals surface area contributed by atoms with Crippen LogP contribution in [0.2, 0.25) is 5.02 Å². The number of hydrogen-bond donors (Lipinski definition) is 2. The van der Waals surface area contributed by atoms with Gasteiger partial charge in [0, 0.05) is 6.42 Å². The fourth-order valence-electron chi connectivity index (χ4n) is 1.95. The van der Waals surface area contributed by atoms with E-state index in [1.807, 2.05) is 0 Å². The molecule has 2 rings (SSSR count). The number of sulfonamides is 1. The van der Waals surface area contributed by atoms with Crippen LogP contribution in [-0.4, -0.2) is 15.0 Å². The number of primary sulfonamides is 1. The number of anilines is 1. The van der Waals surface area contributed by atoms with Gasteiger partial charge in [-0.15, -0.1) is 0 Å². The molecule has 0 aliphatic rings. The van der Waals surface area contributed by atoms with Gasteiger partial charge in [-0.05, 0) is 23.8 Å². The maximum atomic E-state index is 12.5. The van der Waals surface area contributed by atoms with Crippen molar-refractivity contribution >= 4 is 27.4 Å². The van der Waals surface area contributed by atoms with Crippen LogP contribution in [0.5, 0.6) is 0 Å². The van der Waals surface area contributed by atoms with Gasteiger partial charge in [-0.3, -0.25) is 5.32 Å². The molecule has 0 bridgehead atoms. The average molecular weight is 381 g/mol. The highest BCUT2D eigenvalue weighted by atomic mass is 35.5. The number of pyridine rings is 1. The van der Waals surface area contributed by atoms with Crippen LogP contribution in [0.3, 0.4) is 0 Å². The third-order valence-corrected chi connectivity index (χ3v) is 4.42. The summed E-state index contributed by atoms with van der Waals surface area (Å²) in [7, 11) is -3.73. The maximum absolute atomic E-state index is 12.5. The second-order valence-corrected chi connectivity index (χ2v) is 6.94. The molecule has 0 aliphatic heterocycles. The summed E-state index contributed by atoms with van der Waals surface area (Å²) in [6, 6.07) is 6.84. The normalized spacial score (nSPS) is 12.2. The summed E-state index contributed by atoms with van der Waals surface area (Å²) >= 11 is 5.81. The molecule has 0 saturated heterocycles. The van der Waals surface area contributed by atoms with E-state index in [4.69, 9.17) is 16.7 Å². The van der Waals surface area contributed by atoms with E-state index in [2.05, 4.69) is 10.3 Å². The molecule has 0 radical (unpaired) electrons. The van der Waals surface area contributed by atoms with Crippen LogP contribution >= 0.6 is 11.6 Å². The number of halogens is 4. The monoisotopic (exact) mass is 380 g/mol. The molecule has 10 heteroatoms. The minimum atomic E-state index is -4.47. The highest BCUT2D eigenvalue weighted by molar-refractivity contribution is 7.89. The Kier molecular flexibility index (Phi) is 5.36. The second kappa shape index (κ2) is 6.96. The molecule has 0 atom stereocenters. The SMILES string of the molecule is NS(=O)(=O)c1ccc(CCNc2[nH+]cc(C(F)(F)F)cc2Cl)cc1. The van der Waals surface area contributed by atoms with Crippen molar-refractivity contribution in [1.82, 2.24) is 0 Å². The summed E-state index contributed by atoms with van der Waals surface area (Å²) < 4.78 is 59.9. The summed E-state index contributed by atoms with van der Waals surface area (Å²) in [5.74, 6) is 0.269. The minimum Gasteiger partial charge on any atom is -0.273 e. The van der Waals surface area contributed by atoms with Gasteiger partial charge in [0.25, 0.3) is 5.82 Å². The van der Waals surface area contributed by atoms with Crippen molar-refractivity contribution in [3.05, 3.63) is 52.7 Å². The molecule has 0 fully saturated rings. The average Bonchev–Trinajstić information content (AvgIpc) is 2.47. The van der Waals surface area contributed by atoms with Crippen molar-refractivity contribution in [3.63, 3.8) is 0 Å². The molecule has 1 aromatic heterocycles. The van der Waals surface area contributed by atoms with Crippen LogP contribution in [0.25, 0.3) is 0 Å². The van der Waals surface area contributed by atoms with Gasteiger partial charge in [-0.1, -0.05) is 23.7 Å². The van der Waals surface area contributed by atoms with E-state index < -0.39 is 21.8 Å². The third-order valence-electron chi connectivity index (χ3n) is 3.19. The van der Waals surface area contributed by atoms with Crippen molar-refractivity contribution in [2.24, 2.45) is 5.14 Å². The molecule has 1 aromatic carbocycles. The van der Waals surface area contributed by atoms with Crippen LogP contribution in [-0.2, 0) is 22.6 Å². The molecule has 0 aliphatic carbocycles. The Labute approximate surface area is 141 Å². The van der Waals surface area contributed by atoms with Crippen molar-refractivity contribution < 1.29 is 26.6 Å². The van der Waals surface area contributed by atoms with Crippen LogP contribution in [0, 0.1) is 0 Å². The van der Waals surface area contributed by atoms with Gasteiger partial charge < -0.3 is 0 Å². The van der Waals surface area contributed by atoms with Gasteiger partial charge in [-0.2, -0.15) is 13.2 Å². The fourth-order valence-corrected chi connectivity index (χ4v) is 2.70. The number of hydrogen-bond acceptors (Lipinski definition) is 3. The van der Waals surface area contributed by atoms with E-state index in [9.17, 15) is 21.6 Å². The maximum Gasteiger partial charge on any atom is 0.419 e. The number of benzene rings is 1. The Morgan fingerprint density at radius 2 is 1.83 bits per heavy atom. The molecular formula is C14H14ClF3N3O2S+. The van der Waals surface area contributed by atoms with E-state index >= 15 is 0 Å². The zero-order chi connectivity index (χ0) is 18.0. The molecular weight excluding hydrogens is 367 g/mol. The zero-order valence-electron chi connectivity index (χ0n) is 12.2. The van der Waals surface area contributed by atoms with Gasteiger partial charge in [0.05, 0.1) is 17.0 Å². The Balaban J connectivity index is 1.97. The van der Waals surface area contributed by atoms with Gasteiger partial charge in [0.1, 0.15) is 11.2 Å². The lowest BCUT2D eigenvalue weighted by Gasteiger charge is -2.07. The lowest BCUT2D eigenvalue weighted by Crippen LogP contribution is -2.19. The Morgan fingerprint density at radius 3 is 2.33 bits per heavy atom. The van der Waals surface area contributed by atoms with Gasteiger partial charge in [-0.25, -0.2) is 18.5 Å². The largest absolute Gasteiger partial charge is 0.419 e. The molecule has 1 heterocycles. The summed E-state index contributed by atoms with van der Waals surface area (Å²) in [5.41, 5.74) is -0.0328. The molecule has 0 saturated carbocycles. The third kappa shape index (κ3) is 4.83. The van der Waals surface area contributed by atoms with Crippen molar-refractivity contribution in [2.75, 3.05) is 11.9 Å². The summed E-state index contributed by atoms with van der Waals surface area (Å²) in [6.45, 7) is 0.385. The first-order valence-electron chi connectivity index (χ1n) is 6.71. The van der Waals surface area contributed by atoms with E-state index in [0.717, 1.165) is 17.8 Å². The standard InChI is InChI=1S/C14H13ClF3N3O2S/c15-12-7-10(14(16,17)18)8-21-13(12)20-6-5-9-1-3-11(4-2-9)24(19,22)23/h1-4,7-8H,5-6H2,(H,20,21)(H2,19,22,23)/p+1. The molecule has 0 spiro atoms. The lowest BCUT2D eigenvalue weighted by molar-refractivity contribution is -0.364. The number of aromatic amines is 1. The zero-order valence-corrected chi connectivity index (χ0v) is 13.8. The fraction of sp³-hybridized carbons (Fsp3) is 0.214. The van der Waals surface area contributed by atoms with Gasteiger partial charge >= 0.3 is 6.18 Å². The molecule has 2 aromatic rings. The number of rotatable bonds is 5. The summed E-state index contributed by atoms with van der Waals surface area (Å²) in [5, 5.41) is 7.82. The minimum absolute atomic E-state index is 0.0123. The topological polar surface area (TPSA) is 86.3 Å². The van der Waals surface area contributed by atoms with Gasteiger partial charge in [0.15, 0.2) is 0 Å². The Hall–Kier alpha value is -1.84. The van der Waals surface area contributed by atoms with Gasteiger partial charge in [0.2, 0.25) is 10.0 Å². The van der Waals surface area contributed by atoms with Crippen LogP contribution < -0.4 is 15.4 Å². The summed E-state index contributed by atoms with van der Waals surface area (Å²) in [6.07, 6.45) is -3.13. The van der Waals surface area contributed by atoms with E-state index in [-0.39, 0.29) is 15.7 Å². The number of H-pyrrole nitrogens is 1. The highest BCUT2D eigenvalue weighted by Gasteiger charge is 2.32. The highest BCUT2D eigenvalue weighted by Crippen LogP contribution is 2.31. The van der Waals surface area contributed by atoms with E-state index in [1.165, 1.54) is 12.1 Å². The van der Waals surface area contributed by atoms with E-state index in [1.54, 1.807) is 12.1 Å². The molecule has 0 unspecified atom stereocenters. The first-order chi connectivity index (χ1) is 11.1. The second-order valence-electron chi connectivity index (χ2n) is 4.97. The van der Waals surface area contributed by atoms with Crippen LogP contribution in [0.15, 0.2) is 41.4 Å². The molecule has 24 heavy (non-hydrogen) atoms. The van der Waals surface area contributed by atoms with Crippen LogP contribution in [0.4, 0.5) is 19.0 Å². The molecule has 0 amide bonds. The Morgan fingerprint density at radius 1 is 1.21 bits per heavy atom. The van der Waals surface area contributed by atoms with Crippen molar-refractivity contribution in [1.29, 1.82) is 0 Å². The van der Waals surface area contributed by atoms with Crippen molar-refractivity contribution in [2.45, 2.75) is 17.5 Å². The number of nitrogens with one attached hydrogen (secondary N) is 2. The Bertz CT molecular complexity index is 824. The molecule has 4 N–H and O–H groups in total. The summed E-state index contributed by atoms with van der Waals surface area (Å²) in [4.78, 5) is 2.48. The number of nitrogens with two attached hydrogens (primary N) is 1. The number of aromatic nitrogens is 1. The van der Waals surface area contributed by atoms with E-state index in [0.29, 0.717) is 13.0 Å². The van der Waals surface area contributed by atoms with Crippen molar-refractivity contribution in [3.8, 4) is 0 Å². The first kappa shape index (κ1) is 18.5.